The Morgan fingerprint density at radius 1 is 1.15 bits per heavy atom. The van der Waals surface area contributed by atoms with Gasteiger partial charge in [-0.25, -0.2) is 0 Å². The number of fused-ring (bicyclic) bond motifs is 1. The van der Waals surface area contributed by atoms with Crippen molar-refractivity contribution in [2.24, 2.45) is 0 Å². The van der Waals surface area contributed by atoms with E-state index in [1.165, 1.54) is 12.8 Å². The molecule has 0 spiro atoms. The molecular formula is C17H22O3. The number of methoxy groups -OCH3 is 1. The van der Waals surface area contributed by atoms with Crippen molar-refractivity contribution in [2.45, 2.75) is 51.2 Å². The number of ether oxygens (including phenoxy) is 3. The van der Waals surface area contributed by atoms with Crippen molar-refractivity contribution in [2.75, 3.05) is 7.11 Å². The summed E-state index contributed by atoms with van der Waals surface area (Å²) in [4.78, 5) is 0. The Labute approximate surface area is 120 Å². The zero-order valence-corrected chi connectivity index (χ0v) is 12.4. The third-order valence-corrected chi connectivity index (χ3v) is 3.93. The van der Waals surface area contributed by atoms with Gasteiger partial charge in [-0.1, -0.05) is 6.08 Å². The Hall–Kier alpha value is -1.64. The molecule has 1 aromatic rings. The third kappa shape index (κ3) is 2.62. The van der Waals surface area contributed by atoms with Crippen molar-refractivity contribution in [3.63, 3.8) is 0 Å². The van der Waals surface area contributed by atoms with E-state index < -0.39 is 0 Å². The first kappa shape index (κ1) is 13.3. The van der Waals surface area contributed by atoms with Crippen LogP contribution >= 0.6 is 0 Å². The second-order valence-corrected chi connectivity index (χ2v) is 6.10. The Bertz CT molecular complexity index is 525. The maximum Gasteiger partial charge on any atom is 0.164 e. The first-order valence-electron chi connectivity index (χ1n) is 7.34. The van der Waals surface area contributed by atoms with Gasteiger partial charge < -0.3 is 14.2 Å². The minimum atomic E-state index is -0.272. The molecule has 1 aliphatic heterocycles. The average Bonchev–Trinajstić information content (AvgIpc) is 2.90. The summed E-state index contributed by atoms with van der Waals surface area (Å²) < 4.78 is 17.5. The fraction of sp³-hybridized carbons (Fsp3) is 0.529. The predicted octanol–water partition coefficient (Wildman–Crippen LogP) is 4.20. The van der Waals surface area contributed by atoms with Gasteiger partial charge in [-0.3, -0.25) is 0 Å². The van der Waals surface area contributed by atoms with Crippen LogP contribution in [0, 0.1) is 0 Å². The molecule has 0 aromatic heterocycles. The summed E-state index contributed by atoms with van der Waals surface area (Å²) in [5.74, 6) is 2.43. The minimum Gasteiger partial charge on any atom is -0.493 e. The van der Waals surface area contributed by atoms with Crippen molar-refractivity contribution in [1.82, 2.24) is 0 Å². The van der Waals surface area contributed by atoms with Crippen molar-refractivity contribution in [3.05, 3.63) is 23.8 Å². The van der Waals surface area contributed by atoms with Crippen LogP contribution < -0.4 is 14.2 Å². The van der Waals surface area contributed by atoms with Gasteiger partial charge in [-0.05, 0) is 51.7 Å². The largest absolute Gasteiger partial charge is 0.493 e. The second-order valence-electron chi connectivity index (χ2n) is 6.10. The maximum atomic E-state index is 6.10. The lowest BCUT2D eigenvalue weighted by atomic mass is 10.0. The molecule has 0 unspecified atom stereocenters. The van der Waals surface area contributed by atoms with E-state index >= 15 is 0 Å². The van der Waals surface area contributed by atoms with Crippen LogP contribution in [0.5, 0.6) is 17.2 Å². The molecule has 0 N–H and O–H groups in total. The van der Waals surface area contributed by atoms with Crippen LogP contribution in [-0.4, -0.2) is 18.8 Å². The smallest absolute Gasteiger partial charge is 0.164 e. The molecule has 0 atom stereocenters. The van der Waals surface area contributed by atoms with Gasteiger partial charge in [0.25, 0.3) is 0 Å². The Morgan fingerprint density at radius 3 is 2.60 bits per heavy atom. The lowest BCUT2D eigenvalue weighted by Crippen LogP contribution is -2.27. The van der Waals surface area contributed by atoms with Gasteiger partial charge in [0.15, 0.2) is 11.5 Å². The molecule has 20 heavy (non-hydrogen) atoms. The summed E-state index contributed by atoms with van der Waals surface area (Å²) in [5.41, 5.74) is 0.782. The Balaban J connectivity index is 1.91. The summed E-state index contributed by atoms with van der Waals surface area (Å²) in [5, 5.41) is 0. The normalized spacial score (nSPS) is 20.4. The fourth-order valence-electron chi connectivity index (χ4n) is 2.82. The molecule has 1 heterocycles. The maximum absolute atomic E-state index is 6.10. The van der Waals surface area contributed by atoms with Crippen LogP contribution in [0.4, 0.5) is 0 Å². The van der Waals surface area contributed by atoms with Crippen molar-refractivity contribution < 1.29 is 14.2 Å². The standard InChI is InChI=1S/C17H22O3/c1-17(2)9-8-12-10-16(19-13-6-4-5-7-13)15(18-3)11-14(12)20-17/h8-11,13H,4-7H2,1-3H3. The monoisotopic (exact) mass is 274 g/mol. The fourth-order valence-corrected chi connectivity index (χ4v) is 2.82. The van der Waals surface area contributed by atoms with Crippen molar-refractivity contribution >= 4 is 6.08 Å². The predicted molar refractivity (Wildman–Crippen MR) is 79.6 cm³/mol. The topological polar surface area (TPSA) is 27.7 Å². The SMILES string of the molecule is COc1cc2c(cc1OC1CCCC1)C=CC(C)(C)O2. The zero-order chi connectivity index (χ0) is 14.2. The summed E-state index contributed by atoms with van der Waals surface area (Å²) in [6.07, 6.45) is 9.29. The third-order valence-electron chi connectivity index (χ3n) is 3.93. The Morgan fingerprint density at radius 2 is 1.90 bits per heavy atom. The van der Waals surface area contributed by atoms with E-state index in [9.17, 15) is 0 Å². The van der Waals surface area contributed by atoms with E-state index in [-0.39, 0.29) is 5.60 Å². The summed E-state index contributed by atoms with van der Waals surface area (Å²) in [7, 11) is 1.67. The summed E-state index contributed by atoms with van der Waals surface area (Å²) in [6, 6.07) is 3.96. The molecule has 0 bridgehead atoms. The van der Waals surface area contributed by atoms with E-state index in [0.717, 1.165) is 35.7 Å². The molecule has 0 amide bonds. The van der Waals surface area contributed by atoms with Crippen molar-refractivity contribution in [3.8, 4) is 17.2 Å². The molecule has 3 nitrogen and oxygen atoms in total. The van der Waals surface area contributed by atoms with E-state index in [0.29, 0.717) is 6.10 Å². The van der Waals surface area contributed by atoms with E-state index in [2.05, 4.69) is 12.2 Å². The van der Waals surface area contributed by atoms with Crippen LogP contribution in [0.2, 0.25) is 0 Å². The van der Waals surface area contributed by atoms with Gasteiger partial charge in [0.05, 0.1) is 13.2 Å². The molecule has 0 saturated heterocycles. The van der Waals surface area contributed by atoms with Crippen LogP contribution in [0.25, 0.3) is 6.08 Å². The molecule has 1 aliphatic carbocycles. The molecule has 108 valence electrons. The lowest BCUT2D eigenvalue weighted by molar-refractivity contribution is 0.157. The molecule has 0 radical (unpaired) electrons. The molecule has 2 aliphatic rings. The number of hydrogen-bond acceptors (Lipinski definition) is 3. The number of benzene rings is 1. The van der Waals surface area contributed by atoms with Gasteiger partial charge in [-0.2, -0.15) is 0 Å². The molecule has 1 saturated carbocycles. The molecule has 1 aromatic carbocycles. The first-order chi connectivity index (χ1) is 9.57. The van der Waals surface area contributed by atoms with Crippen LogP contribution in [-0.2, 0) is 0 Å². The van der Waals surface area contributed by atoms with Gasteiger partial charge in [0.2, 0.25) is 0 Å². The van der Waals surface area contributed by atoms with Gasteiger partial charge in [0.1, 0.15) is 11.4 Å². The Kier molecular flexibility index (Phi) is 3.36. The van der Waals surface area contributed by atoms with Crippen LogP contribution in [0.15, 0.2) is 18.2 Å². The average molecular weight is 274 g/mol. The minimum absolute atomic E-state index is 0.272. The number of hydrogen-bond donors (Lipinski definition) is 0. The molecule has 1 fully saturated rings. The summed E-state index contributed by atoms with van der Waals surface area (Å²) >= 11 is 0. The highest BCUT2D eigenvalue weighted by atomic mass is 16.5. The molecular weight excluding hydrogens is 252 g/mol. The van der Waals surface area contributed by atoms with E-state index in [4.69, 9.17) is 14.2 Å². The van der Waals surface area contributed by atoms with Crippen molar-refractivity contribution in [1.29, 1.82) is 0 Å². The number of rotatable bonds is 3. The van der Waals surface area contributed by atoms with Gasteiger partial charge in [-0.15, -0.1) is 0 Å². The van der Waals surface area contributed by atoms with Crippen LogP contribution in [0.1, 0.15) is 45.1 Å². The van der Waals surface area contributed by atoms with Gasteiger partial charge >= 0.3 is 0 Å². The van der Waals surface area contributed by atoms with Crippen LogP contribution in [0.3, 0.4) is 0 Å². The highest BCUT2D eigenvalue weighted by Gasteiger charge is 2.25. The summed E-state index contributed by atoms with van der Waals surface area (Å²) in [6.45, 7) is 4.09. The quantitative estimate of drug-likeness (QED) is 0.826. The molecule has 3 rings (SSSR count). The van der Waals surface area contributed by atoms with E-state index in [1.54, 1.807) is 7.11 Å². The lowest BCUT2D eigenvalue weighted by Gasteiger charge is -2.28. The highest BCUT2D eigenvalue weighted by Crippen LogP contribution is 2.40. The highest BCUT2D eigenvalue weighted by molar-refractivity contribution is 5.66. The second kappa shape index (κ2) is 5.04. The van der Waals surface area contributed by atoms with E-state index in [1.807, 2.05) is 26.0 Å². The first-order valence-corrected chi connectivity index (χ1v) is 7.34. The van der Waals surface area contributed by atoms with Gasteiger partial charge in [0, 0.05) is 11.6 Å². The molecule has 3 heteroatoms. The zero-order valence-electron chi connectivity index (χ0n) is 12.4.